The van der Waals surface area contributed by atoms with E-state index < -0.39 is 5.82 Å². The minimum atomic E-state index is -0.601. The van der Waals surface area contributed by atoms with Crippen LogP contribution in [0.4, 0.5) is 4.39 Å². The van der Waals surface area contributed by atoms with Gasteiger partial charge in [0.2, 0.25) is 0 Å². The molecule has 0 spiro atoms. The van der Waals surface area contributed by atoms with Gasteiger partial charge in [0.25, 0.3) is 0 Å². The van der Waals surface area contributed by atoms with Crippen LogP contribution in [-0.2, 0) is 0 Å². The van der Waals surface area contributed by atoms with Gasteiger partial charge in [0.1, 0.15) is 24.1 Å². The molecule has 2 heterocycles. The molecule has 1 atom stereocenters. The van der Waals surface area contributed by atoms with E-state index in [2.05, 4.69) is 15.3 Å². The van der Waals surface area contributed by atoms with Gasteiger partial charge in [-0.2, -0.15) is 0 Å². The highest BCUT2D eigenvalue weighted by molar-refractivity contribution is 5.98. The lowest BCUT2D eigenvalue weighted by Gasteiger charge is -2.14. The number of hydrogen-bond donors (Lipinski definition) is 5. The van der Waals surface area contributed by atoms with Crippen LogP contribution < -0.4 is 15.8 Å². The number of aromatic hydroxyl groups is 1. The van der Waals surface area contributed by atoms with Crippen molar-refractivity contribution in [1.29, 1.82) is 5.41 Å². The quantitative estimate of drug-likeness (QED) is 0.350. The second kappa shape index (κ2) is 6.88. The molecule has 1 aliphatic heterocycles. The molecule has 1 aromatic heterocycles. The maximum absolute atomic E-state index is 14.0. The first-order chi connectivity index (χ1) is 13.0. The number of nitrogens with zero attached hydrogens (tertiary/aromatic N) is 1. The highest BCUT2D eigenvalue weighted by atomic mass is 19.1. The fourth-order valence-corrected chi connectivity index (χ4v) is 3.28. The van der Waals surface area contributed by atoms with Crippen molar-refractivity contribution in [2.24, 2.45) is 5.73 Å². The molecule has 140 valence electrons. The molecule has 1 aliphatic rings. The van der Waals surface area contributed by atoms with E-state index in [1.807, 2.05) is 0 Å². The van der Waals surface area contributed by atoms with Gasteiger partial charge in [-0.15, -0.1) is 0 Å². The Morgan fingerprint density at radius 1 is 1.41 bits per heavy atom. The second-order valence-electron chi connectivity index (χ2n) is 6.60. The number of hydrogen-bond acceptors (Lipinski definition) is 5. The smallest absolute Gasteiger partial charge is 0.168 e. The van der Waals surface area contributed by atoms with Gasteiger partial charge in [-0.1, -0.05) is 6.07 Å². The molecule has 1 fully saturated rings. The number of ether oxygens (including phenoxy) is 1. The number of imidazole rings is 1. The average Bonchev–Trinajstić information content (AvgIpc) is 3.29. The number of nitrogens with two attached hydrogens (primary N) is 1. The molecule has 8 heteroatoms. The number of fused-ring (bicyclic) bond motifs is 1. The van der Waals surface area contributed by atoms with Gasteiger partial charge in [-0.05, 0) is 37.6 Å². The fourth-order valence-electron chi connectivity index (χ4n) is 3.28. The molecule has 4 rings (SSSR count). The van der Waals surface area contributed by atoms with E-state index in [4.69, 9.17) is 15.9 Å². The Bertz CT molecular complexity index is 1010. The summed E-state index contributed by atoms with van der Waals surface area (Å²) in [5.74, 6) is -0.237. The first-order valence-electron chi connectivity index (χ1n) is 8.75. The summed E-state index contributed by atoms with van der Waals surface area (Å²) in [6, 6.07) is 8.11. The Balaban J connectivity index is 1.66. The van der Waals surface area contributed by atoms with Crippen molar-refractivity contribution in [1.82, 2.24) is 15.3 Å². The van der Waals surface area contributed by atoms with Crippen molar-refractivity contribution in [3.63, 3.8) is 0 Å². The molecule has 0 aliphatic carbocycles. The number of rotatable bonds is 5. The summed E-state index contributed by atoms with van der Waals surface area (Å²) in [5.41, 5.74) is 6.75. The minimum absolute atomic E-state index is 0.00841. The predicted molar refractivity (Wildman–Crippen MR) is 101 cm³/mol. The van der Waals surface area contributed by atoms with Crippen molar-refractivity contribution in [3.05, 3.63) is 41.7 Å². The van der Waals surface area contributed by atoms with Crippen LogP contribution in [0.5, 0.6) is 11.5 Å². The van der Waals surface area contributed by atoms with Crippen LogP contribution in [0.2, 0.25) is 0 Å². The Morgan fingerprint density at radius 3 is 3.00 bits per heavy atom. The number of para-hydroxylation sites is 1. The zero-order chi connectivity index (χ0) is 19.0. The predicted octanol–water partition coefficient (Wildman–Crippen LogP) is 2.49. The zero-order valence-electron chi connectivity index (χ0n) is 14.6. The van der Waals surface area contributed by atoms with E-state index in [-0.39, 0.29) is 23.2 Å². The lowest BCUT2D eigenvalue weighted by molar-refractivity contribution is 0.265. The number of amidine groups is 1. The molecule has 0 amide bonds. The van der Waals surface area contributed by atoms with Crippen LogP contribution in [0.25, 0.3) is 22.4 Å². The SMILES string of the molecule is N=C(N)c1cc2nc(-c3cccc(OCC4CCCN4)c3O)[nH]c2cc1F. The third-order valence-corrected chi connectivity index (χ3v) is 4.72. The first kappa shape index (κ1) is 17.3. The number of phenolic OH excluding ortho intramolecular Hbond substituents is 1. The van der Waals surface area contributed by atoms with Crippen LogP contribution in [0, 0.1) is 11.2 Å². The molecule has 0 saturated carbocycles. The van der Waals surface area contributed by atoms with Gasteiger partial charge in [-0.25, -0.2) is 9.37 Å². The number of phenols is 1. The topological polar surface area (TPSA) is 120 Å². The second-order valence-corrected chi connectivity index (χ2v) is 6.60. The van der Waals surface area contributed by atoms with E-state index in [9.17, 15) is 9.50 Å². The summed E-state index contributed by atoms with van der Waals surface area (Å²) in [7, 11) is 0. The van der Waals surface area contributed by atoms with E-state index in [1.165, 1.54) is 12.1 Å². The van der Waals surface area contributed by atoms with Gasteiger partial charge < -0.3 is 25.9 Å². The molecule has 1 saturated heterocycles. The molecule has 3 aromatic rings. The summed E-state index contributed by atoms with van der Waals surface area (Å²) in [6.07, 6.45) is 2.17. The molecule has 0 bridgehead atoms. The molecular formula is C19H20FN5O2. The number of nitrogens with one attached hydrogen (secondary N) is 3. The van der Waals surface area contributed by atoms with Crippen molar-refractivity contribution < 1.29 is 14.2 Å². The molecule has 0 radical (unpaired) electrons. The van der Waals surface area contributed by atoms with E-state index >= 15 is 0 Å². The first-order valence-corrected chi connectivity index (χ1v) is 8.75. The Hall–Kier alpha value is -3.13. The largest absolute Gasteiger partial charge is 0.504 e. The van der Waals surface area contributed by atoms with Crippen LogP contribution in [0.3, 0.4) is 0 Å². The summed E-state index contributed by atoms with van der Waals surface area (Å²) in [4.78, 5) is 7.40. The summed E-state index contributed by atoms with van der Waals surface area (Å²) in [6.45, 7) is 1.46. The number of halogens is 1. The number of H-pyrrole nitrogens is 1. The summed E-state index contributed by atoms with van der Waals surface area (Å²) in [5, 5.41) is 21.4. The van der Waals surface area contributed by atoms with E-state index in [1.54, 1.807) is 18.2 Å². The number of nitrogen functional groups attached to an aromatic ring is 1. The van der Waals surface area contributed by atoms with Gasteiger partial charge in [0.05, 0.1) is 22.2 Å². The highest BCUT2D eigenvalue weighted by Crippen LogP contribution is 2.36. The maximum atomic E-state index is 14.0. The average molecular weight is 369 g/mol. The number of aromatic amines is 1. The van der Waals surface area contributed by atoms with Crippen molar-refractivity contribution in [3.8, 4) is 22.9 Å². The Kier molecular flexibility index (Phi) is 4.41. The van der Waals surface area contributed by atoms with Crippen LogP contribution in [-0.4, -0.2) is 40.1 Å². The summed E-state index contributed by atoms with van der Waals surface area (Å²) < 4.78 is 19.8. The van der Waals surface area contributed by atoms with Crippen molar-refractivity contribution >= 4 is 16.9 Å². The molecule has 2 aromatic carbocycles. The maximum Gasteiger partial charge on any atom is 0.168 e. The third kappa shape index (κ3) is 3.31. The minimum Gasteiger partial charge on any atom is -0.504 e. The summed E-state index contributed by atoms with van der Waals surface area (Å²) >= 11 is 0. The standard InChI is InChI=1S/C19H20FN5O2/c20-13-8-15-14(7-12(13)18(21)22)24-19(25-15)11-4-1-5-16(17(11)26)27-9-10-3-2-6-23-10/h1,4-5,7-8,10,23,26H,2-3,6,9H2,(H3,21,22)(H,24,25). The van der Waals surface area contributed by atoms with Crippen LogP contribution >= 0.6 is 0 Å². The molecule has 6 N–H and O–H groups in total. The monoisotopic (exact) mass is 369 g/mol. The zero-order valence-corrected chi connectivity index (χ0v) is 14.6. The lowest BCUT2D eigenvalue weighted by atomic mass is 10.1. The third-order valence-electron chi connectivity index (χ3n) is 4.72. The highest BCUT2D eigenvalue weighted by Gasteiger charge is 2.18. The molecule has 7 nitrogen and oxygen atoms in total. The fraction of sp³-hybridized carbons (Fsp3) is 0.263. The Labute approximate surface area is 154 Å². The van der Waals surface area contributed by atoms with E-state index in [0.29, 0.717) is 34.8 Å². The van der Waals surface area contributed by atoms with Gasteiger partial charge in [0.15, 0.2) is 11.5 Å². The Morgan fingerprint density at radius 2 is 2.26 bits per heavy atom. The normalized spacial score (nSPS) is 16.7. The van der Waals surface area contributed by atoms with Gasteiger partial charge in [0, 0.05) is 12.1 Å². The van der Waals surface area contributed by atoms with E-state index in [0.717, 1.165) is 19.4 Å². The van der Waals surface area contributed by atoms with Gasteiger partial charge >= 0.3 is 0 Å². The molecule has 27 heavy (non-hydrogen) atoms. The number of aromatic nitrogens is 2. The van der Waals surface area contributed by atoms with Crippen molar-refractivity contribution in [2.45, 2.75) is 18.9 Å². The lowest BCUT2D eigenvalue weighted by Crippen LogP contribution is -2.28. The number of benzene rings is 2. The van der Waals surface area contributed by atoms with Crippen LogP contribution in [0.15, 0.2) is 30.3 Å². The van der Waals surface area contributed by atoms with Crippen molar-refractivity contribution in [2.75, 3.05) is 13.2 Å². The van der Waals surface area contributed by atoms with Crippen LogP contribution in [0.1, 0.15) is 18.4 Å². The molecular weight excluding hydrogens is 349 g/mol. The molecule has 1 unspecified atom stereocenters. The van der Waals surface area contributed by atoms with Gasteiger partial charge in [-0.3, -0.25) is 5.41 Å².